The van der Waals surface area contributed by atoms with Gasteiger partial charge in [-0.25, -0.2) is 4.79 Å². The zero-order valence-corrected chi connectivity index (χ0v) is 12.7. The summed E-state index contributed by atoms with van der Waals surface area (Å²) in [6.45, 7) is 2.56. The molecule has 4 heteroatoms. The van der Waals surface area contributed by atoms with Gasteiger partial charge in [0.1, 0.15) is 0 Å². The molecule has 0 fully saturated rings. The fourth-order valence-corrected chi connectivity index (χ4v) is 2.17. The number of hydrogen-bond donors (Lipinski definition) is 2. The number of rotatable bonds is 5. The summed E-state index contributed by atoms with van der Waals surface area (Å²) in [4.78, 5) is 11.8. The number of halogens is 1. The second kappa shape index (κ2) is 7.70. The van der Waals surface area contributed by atoms with Gasteiger partial charge >= 0.3 is 6.03 Å². The molecule has 0 heterocycles. The first-order valence-corrected chi connectivity index (χ1v) is 7.36. The fraction of sp³-hybridized carbons (Fsp3) is 0.235. The van der Waals surface area contributed by atoms with E-state index in [-0.39, 0.29) is 12.1 Å². The van der Waals surface area contributed by atoms with E-state index in [0.29, 0.717) is 6.54 Å². The Labute approximate surface area is 130 Å². The van der Waals surface area contributed by atoms with Crippen LogP contribution in [0, 0.1) is 0 Å². The molecule has 2 amide bonds. The highest BCUT2D eigenvalue weighted by Crippen LogP contribution is 2.11. The molecule has 0 aromatic heterocycles. The summed E-state index contributed by atoms with van der Waals surface area (Å²) < 4.78 is 0. The number of nitrogens with one attached hydrogen (secondary N) is 2. The van der Waals surface area contributed by atoms with E-state index in [4.69, 9.17) is 11.6 Å². The first-order chi connectivity index (χ1) is 10.1. The highest BCUT2D eigenvalue weighted by atomic mass is 35.5. The lowest BCUT2D eigenvalue weighted by Crippen LogP contribution is -2.38. The molecule has 2 rings (SSSR count). The maximum atomic E-state index is 11.8. The predicted octanol–water partition coefficient (Wildman–Crippen LogP) is 3.94. The standard InChI is InChI=1S/C17H19ClN2O/c1-13(15-5-3-2-4-6-15)20-17(21)19-12-11-14-7-9-16(18)10-8-14/h2-10,13H,11-12H2,1H3,(H2,19,20,21)/t13-/m0/s1. The monoisotopic (exact) mass is 302 g/mol. The molecule has 0 aliphatic carbocycles. The molecule has 21 heavy (non-hydrogen) atoms. The first kappa shape index (κ1) is 15.4. The molecule has 0 radical (unpaired) electrons. The van der Waals surface area contributed by atoms with E-state index in [1.807, 2.05) is 61.5 Å². The van der Waals surface area contributed by atoms with Crippen molar-refractivity contribution in [3.05, 3.63) is 70.7 Å². The van der Waals surface area contributed by atoms with Crippen LogP contribution in [-0.2, 0) is 6.42 Å². The van der Waals surface area contributed by atoms with E-state index < -0.39 is 0 Å². The Bertz CT molecular complexity index is 569. The molecular weight excluding hydrogens is 284 g/mol. The Kier molecular flexibility index (Phi) is 5.64. The van der Waals surface area contributed by atoms with E-state index in [9.17, 15) is 4.79 Å². The smallest absolute Gasteiger partial charge is 0.315 e. The van der Waals surface area contributed by atoms with Gasteiger partial charge in [-0.05, 0) is 36.6 Å². The van der Waals surface area contributed by atoms with Crippen LogP contribution in [0.25, 0.3) is 0 Å². The van der Waals surface area contributed by atoms with Crippen LogP contribution in [0.15, 0.2) is 54.6 Å². The summed E-state index contributed by atoms with van der Waals surface area (Å²) in [7, 11) is 0. The number of carbonyl (C=O) groups is 1. The van der Waals surface area contributed by atoms with Crippen LogP contribution in [0.4, 0.5) is 4.79 Å². The highest BCUT2D eigenvalue weighted by molar-refractivity contribution is 6.30. The van der Waals surface area contributed by atoms with Crippen LogP contribution < -0.4 is 10.6 Å². The lowest BCUT2D eigenvalue weighted by atomic mass is 10.1. The van der Waals surface area contributed by atoms with Gasteiger partial charge in [-0.2, -0.15) is 0 Å². The summed E-state index contributed by atoms with van der Waals surface area (Å²) in [5.41, 5.74) is 2.24. The zero-order chi connectivity index (χ0) is 15.1. The van der Waals surface area contributed by atoms with Crippen LogP contribution in [0.3, 0.4) is 0 Å². The minimum absolute atomic E-state index is 0.0123. The van der Waals surface area contributed by atoms with Crippen LogP contribution in [0.1, 0.15) is 24.1 Å². The van der Waals surface area contributed by atoms with Gasteiger partial charge in [-0.3, -0.25) is 0 Å². The second-order valence-corrected chi connectivity index (χ2v) is 5.35. The molecule has 1 atom stereocenters. The number of benzene rings is 2. The van der Waals surface area contributed by atoms with Gasteiger partial charge in [-0.1, -0.05) is 54.1 Å². The summed E-state index contributed by atoms with van der Waals surface area (Å²) in [6, 6.07) is 17.4. The van der Waals surface area contributed by atoms with Crippen LogP contribution in [0.5, 0.6) is 0 Å². The third kappa shape index (κ3) is 5.12. The van der Waals surface area contributed by atoms with E-state index >= 15 is 0 Å². The Hall–Kier alpha value is -2.00. The lowest BCUT2D eigenvalue weighted by molar-refractivity contribution is 0.238. The molecule has 2 N–H and O–H groups in total. The molecule has 0 saturated heterocycles. The highest BCUT2D eigenvalue weighted by Gasteiger charge is 2.08. The average Bonchev–Trinajstić information content (AvgIpc) is 2.50. The van der Waals surface area contributed by atoms with Gasteiger partial charge in [0.25, 0.3) is 0 Å². The van der Waals surface area contributed by atoms with E-state index in [0.717, 1.165) is 22.6 Å². The third-order valence-electron chi connectivity index (χ3n) is 3.26. The number of amides is 2. The van der Waals surface area contributed by atoms with Crippen molar-refractivity contribution in [1.82, 2.24) is 10.6 Å². The van der Waals surface area contributed by atoms with E-state index in [2.05, 4.69) is 10.6 Å². The second-order valence-electron chi connectivity index (χ2n) is 4.91. The molecule has 3 nitrogen and oxygen atoms in total. The van der Waals surface area contributed by atoms with Gasteiger partial charge in [0, 0.05) is 11.6 Å². The molecule has 0 aliphatic heterocycles. The van der Waals surface area contributed by atoms with Gasteiger partial charge < -0.3 is 10.6 Å². The number of urea groups is 1. The van der Waals surface area contributed by atoms with Crippen LogP contribution >= 0.6 is 11.6 Å². The summed E-state index contributed by atoms with van der Waals surface area (Å²) in [5, 5.41) is 6.51. The Morgan fingerprint density at radius 1 is 1.10 bits per heavy atom. The maximum Gasteiger partial charge on any atom is 0.315 e. The van der Waals surface area contributed by atoms with Crippen LogP contribution in [0.2, 0.25) is 5.02 Å². The molecular formula is C17H19ClN2O. The summed E-state index contributed by atoms with van der Waals surface area (Å²) >= 11 is 5.83. The topological polar surface area (TPSA) is 41.1 Å². The summed E-state index contributed by atoms with van der Waals surface area (Å²) in [5.74, 6) is 0. The minimum atomic E-state index is -0.152. The molecule has 110 valence electrons. The SMILES string of the molecule is C[C@H](NC(=O)NCCc1ccc(Cl)cc1)c1ccccc1. The molecule has 0 saturated carbocycles. The van der Waals surface area contributed by atoms with Gasteiger partial charge in [-0.15, -0.1) is 0 Å². The lowest BCUT2D eigenvalue weighted by Gasteiger charge is -2.15. The van der Waals surface area contributed by atoms with Crippen molar-refractivity contribution < 1.29 is 4.79 Å². The zero-order valence-electron chi connectivity index (χ0n) is 12.0. The Balaban J connectivity index is 1.73. The van der Waals surface area contributed by atoms with Gasteiger partial charge in [0.15, 0.2) is 0 Å². The molecule has 0 bridgehead atoms. The normalized spacial score (nSPS) is 11.7. The van der Waals surface area contributed by atoms with Crippen molar-refractivity contribution in [1.29, 1.82) is 0 Å². The average molecular weight is 303 g/mol. The maximum absolute atomic E-state index is 11.8. The van der Waals surface area contributed by atoms with E-state index in [1.165, 1.54) is 0 Å². The van der Waals surface area contributed by atoms with Crippen molar-refractivity contribution >= 4 is 17.6 Å². The van der Waals surface area contributed by atoms with Gasteiger partial charge in [0.05, 0.1) is 6.04 Å². The Morgan fingerprint density at radius 2 is 1.76 bits per heavy atom. The van der Waals surface area contributed by atoms with Crippen molar-refractivity contribution in [3.63, 3.8) is 0 Å². The van der Waals surface area contributed by atoms with Crippen molar-refractivity contribution in [2.45, 2.75) is 19.4 Å². The van der Waals surface area contributed by atoms with Crippen molar-refractivity contribution in [3.8, 4) is 0 Å². The van der Waals surface area contributed by atoms with E-state index in [1.54, 1.807) is 0 Å². The molecule has 2 aromatic carbocycles. The predicted molar refractivity (Wildman–Crippen MR) is 86.5 cm³/mol. The quantitative estimate of drug-likeness (QED) is 0.863. The molecule has 0 unspecified atom stereocenters. The molecule has 2 aromatic rings. The summed E-state index contributed by atoms with van der Waals surface area (Å²) in [6.07, 6.45) is 0.782. The first-order valence-electron chi connectivity index (χ1n) is 6.99. The van der Waals surface area contributed by atoms with Gasteiger partial charge in [0.2, 0.25) is 0 Å². The molecule has 0 aliphatic rings. The number of carbonyl (C=O) groups excluding carboxylic acids is 1. The Morgan fingerprint density at radius 3 is 2.43 bits per heavy atom. The largest absolute Gasteiger partial charge is 0.338 e. The molecule has 0 spiro atoms. The van der Waals surface area contributed by atoms with Crippen molar-refractivity contribution in [2.75, 3.05) is 6.54 Å². The third-order valence-corrected chi connectivity index (χ3v) is 3.51. The minimum Gasteiger partial charge on any atom is -0.338 e. The van der Waals surface area contributed by atoms with Crippen molar-refractivity contribution in [2.24, 2.45) is 0 Å². The fourth-order valence-electron chi connectivity index (χ4n) is 2.04. The number of hydrogen-bond acceptors (Lipinski definition) is 1. The van der Waals surface area contributed by atoms with Crippen LogP contribution in [-0.4, -0.2) is 12.6 Å².